The van der Waals surface area contributed by atoms with Gasteiger partial charge in [0, 0.05) is 13.3 Å². The fourth-order valence-corrected chi connectivity index (χ4v) is 2.33. The Morgan fingerprint density at radius 2 is 2.00 bits per heavy atom. The Hall–Kier alpha value is -1.70. The summed E-state index contributed by atoms with van der Waals surface area (Å²) in [5.74, 6) is -5.77. The van der Waals surface area contributed by atoms with Crippen molar-refractivity contribution < 1.29 is 45.0 Å². The zero-order valence-corrected chi connectivity index (χ0v) is 12.0. The molecule has 12 heteroatoms. The van der Waals surface area contributed by atoms with Crippen LogP contribution in [0.5, 0.6) is 0 Å². The van der Waals surface area contributed by atoms with E-state index in [9.17, 15) is 34.9 Å². The van der Waals surface area contributed by atoms with Crippen molar-refractivity contribution in [1.82, 2.24) is 5.01 Å². The second kappa shape index (κ2) is 7.25. The molecule has 12 nitrogen and oxygen atoms in total. The maximum absolute atomic E-state index is 11.4. The number of nitroso groups, excluding NO2 is 1. The highest BCUT2D eigenvalue weighted by Gasteiger charge is 2.56. The van der Waals surface area contributed by atoms with E-state index in [1.165, 1.54) is 0 Å². The van der Waals surface area contributed by atoms with Gasteiger partial charge in [-0.2, -0.15) is 5.01 Å². The van der Waals surface area contributed by atoms with Gasteiger partial charge in [0.05, 0.1) is 18.0 Å². The number of rotatable bonds is 6. The first kappa shape index (κ1) is 19.3. The average molecular weight is 338 g/mol. The van der Waals surface area contributed by atoms with Gasteiger partial charge in [0.2, 0.25) is 5.91 Å². The van der Waals surface area contributed by atoms with Crippen molar-refractivity contribution in [3.8, 4) is 0 Å². The van der Waals surface area contributed by atoms with E-state index in [4.69, 9.17) is 14.9 Å². The molecule has 0 aliphatic carbocycles. The molecule has 6 N–H and O–H groups in total. The van der Waals surface area contributed by atoms with Gasteiger partial charge in [-0.05, 0) is 0 Å². The van der Waals surface area contributed by atoms with Crippen LogP contribution >= 0.6 is 0 Å². The fourth-order valence-electron chi connectivity index (χ4n) is 2.33. The molecule has 1 unspecified atom stereocenters. The summed E-state index contributed by atoms with van der Waals surface area (Å²) in [6, 6.07) is -1.68. The second-order valence-electron chi connectivity index (χ2n) is 5.12. The Labute approximate surface area is 129 Å². The van der Waals surface area contributed by atoms with Crippen molar-refractivity contribution in [2.45, 2.75) is 49.6 Å². The van der Waals surface area contributed by atoms with Crippen LogP contribution < -0.4 is 0 Å². The zero-order valence-electron chi connectivity index (χ0n) is 12.0. The number of nitrogens with zero attached hydrogens (tertiary/aromatic N) is 2. The topological polar surface area (TPSA) is 197 Å². The van der Waals surface area contributed by atoms with Crippen LogP contribution in [0.4, 0.5) is 0 Å². The summed E-state index contributed by atoms with van der Waals surface area (Å²) in [5, 5.41) is 59.7. The predicted molar refractivity (Wildman–Crippen MR) is 69.3 cm³/mol. The van der Waals surface area contributed by atoms with Crippen LogP contribution in [0.15, 0.2) is 5.29 Å². The molecule has 1 saturated heterocycles. The summed E-state index contributed by atoms with van der Waals surface area (Å²) in [6.07, 6.45) is -8.55. The molecule has 0 saturated carbocycles. The summed E-state index contributed by atoms with van der Waals surface area (Å²) < 4.78 is 4.82. The SMILES string of the molecule is CC(=O)N(N=O)[C@H]1[C@H]([C@H](O)[C@H](O)CO)OC(O)(C(=O)O)C[C@@H]1O. The molecule has 1 aliphatic heterocycles. The van der Waals surface area contributed by atoms with Gasteiger partial charge in [0.15, 0.2) is 0 Å². The van der Waals surface area contributed by atoms with Crippen LogP contribution in [0.2, 0.25) is 0 Å². The lowest BCUT2D eigenvalue weighted by molar-refractivity contribution is -0.303. The number of aliphatic hydroxyl groups excluding tert-OH is 4. The number of carboxylic acid groups (broad SMARTS) is 1. The first-order valence-corrected chi connectivity index (χ1v) is 6.50. The molecule has 0 aromatic carbocycles. The van der Waals surface area contributed by atoms with Gasteiger partial charge in [-0.15, -0.1) is 4.91 Å². The Balaban J connectivity index is 3.27. The summed E-state index contributed by atoms with van der Waals surface area (Å²) >= 11 is 0. The number of carbonyl (C=O) groups is 2. The van der Waals surface area contributed by atoms with E-state index < -0.39 is 61.1 Å². The molecule has 0 radical (unpaired) electrons. The molecule has 6 atom stereocenters. The Morgan fingerprint density at radius 3 is 2.39 bits per heavy atom. The quantitative estimate of drug-likeness (QED) is 0.209. The van der Waals surface area contributed by atoms with Gasteiger partial charge < -0.3 is 35.4 Å². The summed E-state index contributed by atoms with van der Waals surface area (Å²) in [5.41, 5.74) is 0. The van der Waals surface area contributed by atoms with Gasteiger partial charge in [0.25, 0.3) is 5.79 Å². The van der Waals surface area contributed by atoms with Crippen LogP contribution in [-0.2, 0) is 14.3 Å². The molecule has 0 spiro atoms. The third-order valence-electron chi connectivity index (χ3n) is 3.49. The molecule has 1 rings (SSSR count). The number of hydrogen-bond donors (Lipinski definition) is 6. The van der Waals surface area contributed by atoms with Crippen LogP contribution in [0.25, 0.3) is 0 Å². The lowest BCUT2D eigenvalue weighted by Gasteiger charge is -2.45. The number of carbonyl (C=O) groups excluding carboxylic acids is 1. The van der Waals surface area contributed by atoms with Crippen molar-refractivity contribution >= 4 is 11.9 Å². The van der Waals surface area contributed by atoms with Gasteiger partial charge in [0.1, 0.15) is 24.4 Å². The van der Waals surface area contributed by atoms with E-state index >= 15 is 0 Å². The smallest absolute Gasteiger partial charge is 0.364 e. The minimum atomic E-state index is -2.93. The maximum Gasteiger partial charge on any atom is 0.364 e. The normalized spacial score (nSPS) is 33.6. The number of carboxylic acids is 1. The molecular formula is C11H18N2O10. The monoisotopic (exact) mass is 338 g/mol. The van der Waals surface area contributed by atoms with E-state index in [1.807, 2.05) is 0 Å². The minimum Gasteiger partial charge on any atom is -0.477 e. The third kappa shape index (κ3) is 3.80. The van der Waals surface area contributed by atoms with E-state index in [-0.39, 0.29) is 5.01 Å². The standard InChI is InChI=1S/C11H18N2O10/c1-4(15)13(12-22)7-5(16)2-11(21,10(19)20)23-9(7)8(18)6(17)3-14/h5-9,14,16-18,21H,2-3H2,1H3,(H,19,20)/t5-,6+,7+,8+,9+,11?/m0/s1. The Kier molecular flexibility index (Phi) is 6.10. The van der Waals surface area contributed by atoms with Crippen molar-refractivity contribution in [3.63, 3.8) is 0 Å². The average Bonchev–Trinajstić information content (AvgIpc) is 2.47. The van der Waals surface area contributed by atoms with Crippen molar-refractivity contribution in [3.05, 3.63) is 4.91 Å². The van der Waals surface area contributed by atoms with Crippen molar-refractivity contribution in [2.24, 2.45) is 5.29 Å². The summed E-state index contributed by atoms with van der Waals surface area (Å²) in [7, 11) is 0. The molecule has 23 heavy (non-hydrogen) atoms. The molecule has 0 bridgehead atoms. The molecule has 0 aromatic rings. The third-order valence-corrected chi connectivity index (χ3v) is 3.49. The van der Waals surface area contributed by atoms with Crippen LogP contribution in [0, 0.1) is 4.91 Å². The minimum absolute atomic E-state index is 0.198. The van der Waals surface area contributed by atoms with Crippen LogP contribution in [0.1, 0.15) is 13.3 Å². The van der Waals surface area contributed by atoms with Crippen molar-refractivity contribution in [1.29, 1.82) is 0 Å². The van der Waals surface area contributed by atoms with E-state index in [0.29, 0.717) is 0 Å². The highest BCUT2D eigenvalue weighted by molar-refractivity contribution is 5.76. The van der Waals surface area contributed by atoms with Gasteiger partial charge in [-0.1, -0.05) is 0 Å². The second-order valence-corrected chi connectivity index (χ2v) is 5.12. The highest BCUT2D eigenvalue weighted by atomic mass is 16.7. The lowest BCUT2D eigenvalue weighted by Crippen LogP contribution is -2.67. The lowest BCUT2D eigenvalue weighted by atomic mass is 9.88. The van der Waals surface area contributed by atoms with Gasteiger partial charge in [-0.25, -0.2) is 4.79 Å². The number of amides is 1. The first-order chi connectivity index (χ1) is 10.6. The van der Waals surface area contributed by atoms with E-state index in [1.54, 1.807) is 0 Å². The molecule has 132 valence electrons. The van der Waals surface area contributed by atoms with E-state index in [0.717, 1.165) is 6.92 Å². The molecule has 0 aromatic heterocycles. The number of hydrogen-bond acceptors (Lipinski definition) is 10. The summed E-state index contributed by atoms with van der Waals surface area (Å²) in [6.45, 7) is -0.0536. The Morgan fingerprint density at radius 1 is 1.43 bits per heavy atom. The van der Waals surface area contributed by atoms with Crippen molar-refractivity contribution in [2.75, 3.05) is 6.61 Å². The van der Waals surface area contributed by atoms with E-state index in [2.05, 4.69) is 5.29 Å². The molecule has 1 fully saturated rings. The fraction of sp³-hybridized carbons (Fsp3) is 0.818. The number of ether oxygens (including phenoxy) is 1. The van der Waals surface area contributed by atoms with Crippen LogP contribution in [-0.4, -0.2) is 90.4 Å². The molecule has 1 aliphatic rings. The highest BCUT2D eigenvalue weighted by Crippen LogP contribution is 2.33. The maximum atomic E-state index is 11.4. The molecule has 1 amide bonds. The predicted octanol–water partition coefficient (Wildman–Crippen LogP) is -3.48. The van der Waals surface area contributed by atoms with Gasteiger partial charge >= 0.3 is 5.97 Å². The molecular weight excluding hydrogens is 320 g/mol. The van der Waals surface area contributed by atoms with Crippen LogP contribution in [0.3, 0.4) is 0 Å². The zero-order chi connectivity index (χ0) is 17.9. The Bertz CT molecular complexity index is 474. The van der Waals surface area contributed by atoms with Gasteiger partial charge in [-0.3, -0.25) is 4.79 Å². The number of aliphatic hydroxyl groups is 5. The first-order valence-electron chi connectivity index (χ1n) is 6.50. The largest absolute Gasteiger partial charge is 0.477 e. The number of aliphatic carboxylic acids is 1. The molecule has 1 heterocycles. The summed E-state index contributed by atoms with van der Waals surface area (Å²) in [4.78, 5) is 33.3.